The molecule has 5 heteroatoms. The number of anilines is 4. The summed E-state index contributed by atoms with van der Waals surface area (Å²) in [7, 11) is 0. The zero-order valence-corrected chi connectivity index (χ0v) is 36.9. The standard InChI is InChI=1S/C53H60N4O/c1-34-25-47-48(26-35(34)2)56(33-55(47)39-18-16-17-36(27-39)50(3,4)5)40-28-38(51(6,7)8)29-42(31-40)58-41-21-22-44-43-19-14-15-20-45(43)57(46(44)32-41)49-30-37(23-24-54-49)53(12,13)52(9,10)11/h14-32H,33H2,1-13H3. The first-order valence-electron chi connectivity index (χ1n) is 20.8. The highest BCUT2D eigenvalue weighted by atomic mass is 16.5. The molecule has 298 valence electrons. The number of aryl methyl sites for hydroxylation is 2. The van der Waals surface area contributed by atoms with Crippen LogP contribution in [0, 0.1) is 19.3 Å². The zero-order chi connectivity index (χ0) is 41.5. The van der Waals surface area contributed by atoms with E-state index in [-0.39, 0.29) is 21.7 Å². The molecule has 58 heavy (non-hydrogen) atoms. The number of pyridine rings is 1. The Morgan fingerprint density at radius 1 is 0.517 bits per heavy atom. The molecule has 0 fully saturated rings. The third-order valence-corrected chi connectivity index (χ3v) is 13.0. The number of benzene rings is 5. The summed E-state index contributed by atoms with van der Waals surface area (Å²) in [6, 6.07) is 40.1. The third kappa shape index (κ3) is 6.93. The molecule has 0 saturated heterocycles. The first-order valence-corrected chi connectivity index (χ1v) is 20.8. The van der Waals surface area contributed by atoms with Crippen molar-refractivity contribution in [2.24, 2.45) is 5.41 Å². The summed E-state index contributed by atoms with van der Waals surface area (Å²) >= 11 is 0. The second kappa shape index (κ2) is 13.8. The van der Waals surface area contributed by atoms with Crippen molar-refractivity contribution < 1.29 is 4.74 Å². The van der Waals surface area contributed by atoms with E-state index < -0.39 is 0 Å². The van der Waals surface area contributed by atoms with Crippen LogP contribution < -0.4 is 14.5 Å². The molecule has 0 aliphatic carbocycles. The minimum atomic E-state index is -0.103. The Morgan fingerprint density at radius 2 is 1.16 bits per heavy atom. The Morgan fingerprint density at radius 3 is 1.83 bits per heavy atom. The molecule has 5 aromatic carbocycles. The summed E-state index contributed by atoms with van der Waals surface area (Å²) in [5, 5.41) is 2.36. The van der Waals surface area contributed by atoms with Crippen molar-refractivity contribution in [3.05, 3.63) is 143 Å². The zero-order valence-electron chi connectivity index (χ0n) is 36.9. The number of nitrogens with zero attached hydrogens (tertiary/aromatic N) is 4. The van der Waals surface area contributed by atoms with Gasteiger partial charge in [0.25, 0.3) is 0 Å². The molecule has 2 aromatic heterocycles. The van der Waals surface area contributed by atoms with Crippen LogP contribution in [0.4, 0.5) is 22.7 Å². The van der Waals surface area contributed by atoms with Gasteiger partial charge in [0, 0.05) is 40.5 Å². The number of hydrogen-bond acceptors (Lipinski definition) is 4. The molecule has 0 bridgehead atoms. The van der Waals surface area contributed by atoms with Crippen LogP contribution in [-0.4, -0.2) is 16.2 Å². The molecule has 0 spiro atoms. The second-order valence-electron chi connectivity index (χ2n) is 20.1. The van der Waals surface area contributed by atoms with Crippen LogP contribution in [-0.2, 0) is 16.2 Å². The van der Waals surface area contributed by atoms with Crippen LogP contribution >= 0.6 is 0 Å². The molecular formula is C53H60N4O. The number of ether oxygens (including phenoxy) is 1. The molecule has 7 aromatic rings. The Labute approximate surface area is 346 Å². The largest absolute Gasteiger partial charge is 0.457 e. The molecule has 5 nitrogen and oxygen atoms in total. The molecule has 8 rings (SSSR count). The van der Waals surface area contributed by atoms with Crippen molar-refractivity contribution in [3.63, 3.8) is 0 Å². The first kappa shape index (κ1) is 39.3. The molecular weight excluding hydrogens is 709 g/mol. The minimum Gasteiger partial charge on any atom is -0.457 e. The van der Waals surface area contributed by atoms with E-state index >= 15 is 0 Å². The van der Waals surface area contributed by atoms with E-state index in [1.165, 1.54) is 55.7 Å². The fourth-order valence-electron chi connectivity index (χ4n) is 8.08. The minimum absolute atomic E-state index is 0.0514. The fraction of sp³-hybridized carbons (Fsp3) is 0.340. The van der Waals surface area contributed by atoms with E-state index in [2.05, 4.69) is 214 Å². The van der Waals surface area contributed by atoms with Gasteiger partial charge in [-0.2, -0.15) is 0 Å². The lowest BCUT2D eigenvalue weighted by atomic mass is 9.65. The van der Waals surface area contributed by atoms with Crippen LogP contribution in [0.3, 0.4) is 0 Å². The van der Waals surface area contributed by atoms with Gasteiger partial charge in [-0.1, -0.05) is 106 Å². The molecule has 0 unspecified atom stereocenters. The van der Waals surface area contributed by atoms with Crippen LogP contribution in [0.5, 0.6) is 11.5 Å². The molecule has 0 amide bonds. The smallest absolute Gasteiger partial charge is 0.137 e. The lowest BCUT2D eigenvalue weighted by Crippen LogP contribution is -2.34. The molecule has 1 aliphatic rings. The van der Waals surface area contributed by atoms with Crippen LogP contribution in [0.25, 0.3) is 27.6 Å². The Balaban J connectivity index is 1.23. The van der Waals surface area contributed by atoms with Crippen LogP contribution in [0.15, 0.2) is 115 Å². The lowest BCUT2D eigenvalue weighted by Gasteiger charge is -2.39. The Kier molecular flexibility index (Phi) is 9.34. The van der Waals surface area contributed by atoms with E-state index in [4.69, 9.17) is 9.72 Å². The number of hydrogen-bond donors (Lipinski definition) is 0. The predicted octanol–water partition coefficient (Wildman–Crippen LogP) is 14.8. The van der Waals surface area contributed by atoms with E-state index in [0.717, 1.165) is 34.0 Å². The van der Waals surface area contributed by atoms with Gasteiger partial charge in [0.05, 0.1) is 22.4 Å². The lowest BCUT2D eigenvalue weighted by molar-refractivity contribution is 0.225. The summed E-state index contributed by atoms with van der Waals surface area (Å²) < 4.78 is 9.25. The number of rotatable bonds is 6. The summed E-state index contributed by atoms with van der Waals surface area (Å²) in [5.74, 6) is 2.51. The summed E-state index contributed by atoms with van der Waals surface area (Å²) in [6.07, 6.45) is 1.96. The Bertz CT molecular complexity index is 2700. The molecule has 0 radical (unpaired) electrons. The van der Waals surface area contributed by atoms with E-state index in [0.29, 0.717) is 6.67 Å². The topological polar surface area (TPSA) is 33.5 Å². The van der Waals surface area contributed by atoms with E-state index in [1.807, 2.05) is 6.20 Å². The van der Waals surface area contributed by atoms with Gasteiger partial charge < -0.3 is 14.5 Å². The first-order chi connectivity index (χ1) is 27.2. The number of aromatic nitrogens is 2. The van der Waals surface area contributed by atoms with Crippen molar-refractivity contribution in [2.75, 3.05) is 16.5 Å². The highest BCUT2D eigenvalue weighted by Gasteiger charge is 2.35. The molecule has 0 atom stereocenters. The van der Waals surface area contributed by atoms with Crippen molar-refractivity contribution in [1.29, 1.82) is 0 Å². The predicted molar refractivity (Wildman–Crippen MR) is 246 cm³/mol. The van der Waals surface area contributed by atoms with Gasteiger partial charge in [0.2, 0.25) is 0 Å². The summed E-state index contributed by atoms with van der Waals surface area (Å²) in [5.41, 5.74) is 13.3. The van der Waals surface area contributed by atoms with Gasteiger partial charge in [-0.25, -0.2) is 4.98 Å². The monoisotopic (exact) mass is 768 g/mol. The van der Waals surface area contributed by atoms with Crippen LogP contribution in [0.2, 0.25) is 0 Å². The van der Waals surface area contributed by atoms with Gasteiger partial charge in [0.15, 0.2) is 0 Å². The Hall–Kier alpha value is -5.55. The fourth-order valence-corrected chi connectivity index (χ4v) is 8.08. The number of fused-ring (bicyclic) bond motifs is 4. The van der Waals surface area contributed by atoms with Gasteiger partial charge in [-0.05, 0) is 130 Å². The average Bonchev–Trinajstić information content (AvgIpc) is 3.69. The molecule has 0 N–H and O–H groups in total. The van der Waals surface area contributed by atoms with Crippen molar-refractivity contribution in [2.45, 2.75) is 106 Å². The molecule has 0 saturated carbocycles. The maximum Gasteiger partial charge on any atom is 0.137 e. The van der Waals surface area contributed by atoms with Crippen LogP contribution in [0.1, 0.15) is 104 Å². The molecule has 1 aliphatic heterocycles. The van der Waals surface area contributed by atoms with Crippen molar-refractivity contribution >= 4 is 44.6 Å². The number of para-hydroxylation sites is 1. The summed E-state index contributed by atoms with van der Waals surface area (Å²) in [4.78, 5) is 9.88. The SMILES string of the molecule is Cc1cc2c(cc1C)N(c1cc(Oc3ccc4c5ccccc5n(-c5cc(C(C)(C)C(C)(C)C)ccn5)c4c3)cc(C(C)(C)C)c1)CN2c1cccc(C(C)(C)C)c1. The molecule has 3 heterocycles. The maximum atomic E-state index is 6.95. The van der Waals surface area contributed by atoms with Gasteiger partial charge in [-0.3, -0.25) is 4.57 Å². The van der Waals surface area contributed by atoms with Crippen molar-refractivity contribution in [3.8, 4) is 17.3 Å². The van der Waals surface area contributed by atoms with Crippen molar-refractivity contribution in [1.82, 2.24) is 9.55 Å². The van der Waals surface area contributed by atoms with E-state index in [1.54, 1.807) is 0 Å². The highest BCUT2D eigenvalue weighted by molar-refractivity contribution is 6.09. The second-order valence-corrected chi connectivity index (χ2v) is 20.1. The summed E-state index contributed by atoms with van der Waals surface area (Å²) in [6.45, 7) is 30.4. The highest BCUT2D eigenvalue weighted by Crippen LogP contribution is 2.48. The maximum absolute atomic E-state index is 6.95. The normalized spacial score (nSPS) is 13.8. The van der Waals surface area contributed by atoms with E-state index in [9.17, 15) is 0 Å². The quantitative estimate of drug-likeness (QED) is 0.169. The van der Waals surface area contributed by atoms with Gasteiger partial charge >= 0.3 is 0 Å². The van der Waals surface area contributed by atoms with Gasteiger partial charge in [-0.15, -0.1) is 0 Å². The van der Waals surface area contributed by atoms with Gasteiger partial charge in [0.1, 0.15) is 24.0 Å². The third-order valence-electron chi connectivity index (χ3n) is 13.0. The average molecular weight is 769 g/mol.